The van der Waals surface area contributed by atoms with E-state index in [4.69, 9.17) is 0 Å². The van der Waals surface area contributed by atoms with Gasteiger partial charge in [-0.15, -0.1) is 11.3 Å². The van der Waals surface area contributed by atoms with Crippen LogP contribution < -0.4 is 5.32 Å². The molecule has 0 radical (unpaired) electrons. The Morgan fingerprint density at radius 2 is 1.93 bits per heavy atom. The van der Waals surface area contributed by atoms with Gasteiger partial charge in [0.1, 0.15) is 0 Å². The number of anilines is 1. The summed E-state index contributed by atoms with van der Waals surface area (Å²) in [6.45, 7) is 0. The van der Waals surface area contributed by atoms with Gasteiger partial charge in [0.2, 0.25) is 5.91 Å². The average Bonchev–Trinajstić information content (AvgIpc) is 3.34. The lowest BCUT2D eigenvalue weighted by Crippen LogP contribution is -2.15. The van der Waals surface area contributed by atoms with Gasteiger partial charge in [-0.1, -0.05) is 24.3 Å². The Hall–Kier alpha value is -3.51. The molecule has 136 valence electrons. The lowest BCUT2D eigenvalue weighted by molar-refractivity contribution is -0.115. The number of hydrogen-bond acceptors (Lipinski definition) is 4. The lowest BCUT2D eigenvalue weighted by atomic mass is 10.1. The summed E-state index contributed by atoms with van der Waals surface area (Å²) in [5.74, 6) is -0.0937. The van der Waals surface area contributed by atoms with Gasteiger partial charge < -0.3 is 5.32 Å². The zero-order valence-corrected chi connectivity index (χ0v) is 15.7. The number of H-pyrrole nitrogens is 1. The molecule has 0 atom stereocenters. The third-order valence-electron chi connectivity index (χ3n) is 4.59. The van der Waals surface area contributed by atoms with E-state index in [2.05, 4.69) is 38.7 Å². The molecule has 0 spiro atoms. The molecular weight excluding hydrogens is 368 g/mol. The smallest absolute Gasteiger partial charge is 0.230 e. The van der Waals surface area contributed by atoms with Crippen LogP contribution in [0.3, 0.4) is 0 Å². The number of rotatable bonds is 4. The number of aromatic nitrogens is 3. The van der Waals surface area contributed by atoms with Crippen LogP contribution in [0.5, 0.6) is 0 Å². The number of pyridine rings is 1. The Morgan fingerprint density at radius 1 is 1.04 bits per heavy atom. The predicted molar refractivity (Wildman–Crippen MR) is 113 cm³/mol. The maximum Gasteiger partial charge on any atom is 0.230 e. The first-order valence-electron chi connectivity index (χ1n) is 8.92. The highest BCUT2D eigenvalue weighted by molar-refractivity contribution is 7.22. The molecule has 3 aromatic heterocycles. The van der Waals surface area contributed by atoms with Crippen LogP contribution in [-0.2, 0) is 11.2 Å². The monoisotopic (exact) mass is 384 g/mol. The van der Waals surface area contributed by atoms with Gasteiger partial charge >= 0.3 is 0 Å². The van der Waals surface area contributed by atoms with Crippen LogP contribution in [0, 0.1) is 0 Å². The van der Waals surface area contributed by atoms with E-state index in [0.717, 1.165) is 32.7 Å². The van der Waals surface area contributed by atoms with E-state index in [1.54, 1.807) is 23.7 Å². The van der Waals surface area contributed by atoms with E-state index < -0.39 is 0 Å². The van der Waals surface area contributed by atoms with Crippen LogP contribution in [0.2, 0.25) is 0 Å². The van der Waals surface area contributed by atoms with Crippen LogP contribution in [0.25, 0.3) is 31.4 Å². The summed E-state index contributed by atoms with van der Waals surface area (Å²) in [5.41, 5.74) is 3.50. The number of benzene rings is 2. The molecule has 0 saturated heterocycles. The lowest BCUT2D eigenvalue weighted by Gasteiger charge is -2.08. The SMILES string of the molecule is O=C(Cc1ccccn1)Nc1cc(-c2cc3ccccc3s2)c2[nH]ncc2c1. The summed E-state index contributed by atoms with van der Waals surface area (Å²) in [6.07, 6.45) is 3.71. The molecule has 6 heteroatoms. The number of aromatic amines is 1. The minimum absolute atomic E-state index is 0.0937. The fraction of sp³-hybridized carbons (Fsp3) is 0.0455. The number of nitrogens with zero attached hydrogens (tertiary/aromatic N) is 2. The van der Waals surface area contributed by atoms with Gasteiger partial charge in [0.25, 0.3) is 0 Å². The van der Waals surface area contributed by atoms with Crippen LogP contribution in [0.1, 0.15) is 5.69 Å². The van der Waals surface area contributed by atoms with Crippen molar-refractivity contribution in [3.8, 4) is 10.4 Å². The average molecular weight is 384 g/mol. The third-order valence-corrected chi connectivity index (χ3v) is 5.74. The summed E-state index contributed by atoms with van der Waals surface area (Å²) in [5, 5.41) is 12.4. The highest BCUT2D eigenvalue weighted by atomic mass is 32.1. The van der Waals surface area contributed by atoms with Gasteiger partial charge in [-0.05, 0) is 41.8 Å². The van der Waals surface area contributed by atoms with Crippen molar-refractivity contribution in [1.82, 2.24) is 15.2 Å². The summed E-state index contributed by atoms with van der Waals surface area (Å²) >= 11 is 1.73. The molecule has 5 nitrogen and oxygen atoms in total. The van der Waals surface area contributed by atoms with E-state index in [9.17, 15) is 4.79 Å². The van der Waals surface area contributed by atoms with Crippen molar-refractivity contribution in [3.05, 3.63) is 78.8 Å². The molecule has 2 N–H and O–H groups in total. The molecule has 0 saturated carbocycles. The van der Waals surface area contributed by atoms with Crippen molar-refractivity contribution >= 4 is 43.9 Å². The summed E-state index contributed by atoms with van der Waals surface area (Å²) in [7, 11) is 0. The minimum atomic E-state index is -0.0937. The number of nitrogens with one attached hydrogen (secondary N) is 2. The minimum Gasteiger partial charge on any atom is -0.326 e. The molecule has 0 aliphatic rings. The molecule has 0 aliphatic heterocycles. The Balaban J connectivity index is 1.51. The maximum absolute atomic E-state index is 12.5. The molecule has 2 aromatic carbocycles. The number of thiophene rings is 1. The highest BCUT2D eigenvalue weighted by Crippen LogP contribution is 2.38. The largest absolute Gasteiger partial charge is 0.326 e. The summed E-state index contributed by atoms with van der Waals surface area (Å²) in [6, 6.07) is 20.0. The second-order valence-electron chi connectivity index (χ2n) is 6.55. The maximum atomic E-state index is 12.5. The first-order chi connectivity index (χ1) is 13.8. The second kappa shape index (κ2) is 6.90. The Morgan fingerprint density at radius 3 is 2.79 bits per heavy atom. The predicted octanol–water partition coefficient (Wildman–Crippen LogP) is 5.02. The van der Waals surface area contributed by atoms with Gasteiger partial charge in [-0.3, -0.25) is 14.9 Å². The van der Waals surface area contributed by atoms with Crippen molar-refractivity contribution in [2.45, 2.75) is 6.42 Å². The zero-order chi connectivity index (χ0) is 18.9. The van der Waals surface area contributed by atoms with E-state index in [1.165, 1.54) is 10.1 Å². The quantitative estimate of drug-likeness (QED) is 0.457. The Labute approximate surface area is 165 Å². The fourth-order valence-corrected chi connectivity index (χ4v) is 4.40. The van der Waals surface area contributed by atoms with Crippen molar-refractivity contribution in [2.75, 3.05) is 5.32 Å². The Bertz CT molecular complexity index is 1260. The van der Waals surface area contributed by atoms with Crippen LogP contribution in [0.4, 0.5) is 5.69 Å². The molecule has 0 fully saturated rings. The van der Waals surface area contributed by atoms with E-state index in [-0.39, 0.29) is 12.3 Å². The molecule has 28 heavy (non-hydrogen) atoms. The molecule has 1 amide bonds. The van der Waals surface area contributed by atoms with E-state index >= 15 is 0 Å². The molecular formula is C22H16N4OS. The first-order valence-corrected chi connectivity index (χ1v) is 9.74. The van der Waals surface area contributed by atoms with Gasteiger partial charge in [0.05, 0.1) is 18.1 Å². The van der Waals surface area contributed by atoms with Crippen molar-refractivity contribution in [3.63, 3.8) is 0 Å². The third kappa shape index (κ3) is 3.14. The molecule has 5 aromatic rings. The van der Waals surface area contributed by atoms with Crippen LogP contribution >= 0.6 is 11.3 Å². The van der Waals surface area contributed by atoms with Crippen molar-refractivity contribution in [1.29, 1.82) is 0 Å². The van der Waals surface area contributed by atoms with Crippen LogP contribution in [0.15, 0.2) is 73.1 Å². The molecule has 0 unspecified atom stereocenters. The molecule has 3 heterocycles. The normalized spacial score (nSPS) is 11.1. The topological polar surface area (TPSA) is 70.7 Å². The zero-order valence-electron chi connectivity index (χ0n) is 14.8. The van der Waals surface area contributed by atoms with Crippen molar-refractivity contribution < 1.29 is 4.79 Å². The number of amides is 1. The van der Waals surface area contributed by atoms with Crippen molar-refractivity contribution in [2.24, 2.45) is 0 Å². The van der Waals surface area contributed by atoms with Crippen LogP contribution in [-0.4, -0.2) is 21.1 Å². The van der Waals surface area contributed by atoms with Gasteiger partial charge in [-0.25, -0.2) is 0 Å². The number of carbonyl (C=O) groups is 1. The van der Waals surface area contributed by atoms with E-state index in [0.29, 0.717) is 0 Å². The van der Waals surface area contributed by atoms with Gasteiger partial charge in [0, 0.05) is 38.1 Å². The number of hydrogen-bond donors (Lipinski definition) is 2. The standard InChI is InChI=1S/C22H16N4OS/c27-21(12-16-6-3-4-8-23-16)25-17-9-15-13-24-26-22(15)18(11-17)20-10-14-5-1-2-7-19(14)28-20/h1-11,13H,12H2,(H,24,26)(H,25,27). The molecule has 0 bridgehead atoms. The molecule has 0 aliphatic carbocycles. The molecule has 5 rings (SSSR count). The highest BCUT2D eigenvalue weighted by Gasteiger charge is 2.13. The summed E-state index contributed by atoms with van der Waals surface area (Å²) in [4.78, 5) is 17.8. The Kier molecular flexibility index (Phi) is 4.10. The fourth-order valence-electron chi connectivity index (χ4n) is 3.31. The number of carbonyl (C=O) groups excluding carboxylic acids is 1. The first kappa shape index (κ1) is 16.6. The van der Waals surface area contributed by atoms with Gasteiger partial charge in [-0.2, -0.15) is 5.10 Å². The number of fused-ring (bicyclic) bond motifs is 2. The second-order valence-corrected chi connectivity index (χ2v) is 7.64. The van der Waals surface area contributed by atoms with E-state index in [1.807, 2.05) is 42.5 Å². The van der Waals surface area contributed by atoms with Gasteiger partial charge in [0.15, 0.2) is 0 Å². The summed E-state index contributed by atoms with van der Waals surface area (Å²) < 4.78 is 1.23.